The highest BCUT2D eigenvalue weighted by Gasteiger charge is 2.00. The van der Waals surface area contributed by atoms with E-state index in [1.807, 2.05) is 6.07 Å². The van der Waals surface area contributed by atoms with E-state index < -0.39 is 0 Å². The molecule has 0 saturated carbocycles. The van der Waals surface area contributed by atoms with Crippen LogP contribution < -0.4 is 0 Å². The van der Waals surface area contributed by atoms with E-state index in [-0.39, 0.29) is 0 Å². The van der Waals surface area contributed by atoms with Crippen LogP contribution in [0.25, 0.3) is 22.3 Å². The van der Waals surface area contributed by atoms with Crippen molar-refractivity contribution in [2.75, 3.05) is 0 Å². The number of halogens is 1. The summed E-state index contributed by atoms with van der Waals surface area (Å²) in [5, 5.41) is 0. The first-order valence-electron chi connectivity index (χ1n) is 6.24. The van der Waals surface area contributed by atoms with E-state index in [4.69, 9.17) is 0 Å². The molecule has 0 aromatic heterocycles. The van der Waals surface area contributed by atoms with Crippen molar-refractivity contribution in [2.24, 2.45) is 0 Å². The molecule has 0 heterocycles. The van der Waals surface area contributed by atoms with Crippen molar-refractivity contribution in [3.05, 3.63) is 82.4 Å². The maximum absolute atomic E-state index is 2.35. The lowest BCUT2D eigenvalue weighted by molar-refractivity contribution is 1.57. The van der Waals surface area contributed by atoms with E-state index in [9.17, 15) is 0 Å². The van der Waals surface area contributed by atoms with Crippen molar-refractivity contribution < 1.29 is 0 Å². The van der Waals surface area contributed by atoms with Crippen LogP contribution in [0.15, 0.2) is 78.9 Å². The van der Waals surface area contributed by atoms with Crippen LogP contribution in [0, 0.1) is 3.57 Å². The van der Waals surface area contributed by atoms with Gasteiger partial charge in [-0.3, -0.25) is 0 Å². The average Bonchev–Trinajstić information content (AvgIpc) is 2.48. The molecule has 0 N–H and O–H groups in total. The maximum Gasteiger partial charge on any atom is 0.0136 e. The van der Waals surface area contributed by atoms with Crippen molar-refractivity contribution in [1.29, 1.82) is 0 Å². The second-order valence-corrected chi connectivity index (χ2v) is 5.70. The van der Waals surface area contributed by atoms with Gasteiger partial charge in [0.25, 0.3) is 0 Å². The van der Waals surface area contributed by atoms with Gasteiger partial charge in [-0.1, -0.05) is 66.7 Å². The molecule has 0 atom stereocenters. The Kier molecular flexibility index (Phi) is 3.65. The molecule has 19 heavy (non-hydrogen) atoms. The molecule has 0 fully saturated rings. The molecule has 1 heteroatoms. The Bertz CT molecular complexity index is 670. The molecule has 0 nitrogen and oxygen atoms in total. The summed E-state index contributed by atoms with van der Waals surface area (Å²) in [5.41, 5.74) is 5.05. The molecule has 3 rings (SSSR count). The predicted octanol–water partition coefficient (Wildman–Crippen LogP) is 5.63. The minimum Gasteiger partial charge on any atom is -0.0622 e. The molecule has 0 aliphatic heterocycles. The van der Waals surface area contributed by atoms with E-state index in [0.717, 1.165) is 0 Å². The molecule has 0 aliphatic rings. The van der Waals surface area contributed by atoms with Gasteiger partial charge >= 0.3 is 0 Å². The van der Waals surface area contributed by atoms with Crippen LogP contribution in [-0.2, 0) is 0 Å². The molecular formula is C18H13I. The third-order valence-corrected chi connectivity index (χ3v) is 3.82. The van der Waals surface area contributed by atoms with Gasteiger partial charge < -0.3 is 0 Å². The zero-order valence-corrected chi connectivity index (χ0v) is 12.5. The SMILES string of the molecule is Ic1cccc(-c2ccc(-c3ccccc3)cc2)c1. The molecule has 3 aromatic carbocycles. The van der Waals surface area contributed by atoms with Gasteiger partial charge in [-0.15, -0.1) is 0 Å². The fraction of sp³-hybridized carbons (Fsp3) is 0. The zero-order valence-electron chi connectivity index (χ0n) is 10.4. The van der Waals surface area contributed by atoms with E-state index in [1.54, 1.807) is 0 Å². The van der Waals surface area contributed by atoms with Crippen LogP contribution >= 0.6 is 22.6 Å². The maximum atomic E-state index is 2.35. The van der Waals surface area contributed by atoms with Crippen LogP contribution in [0.1, 0.15) is 0 Å². The van der Waals surface area contributed by atoms with Gasteiger partial charge in [-0.2, -0.15) is 0 Å². The molecule has 3 aromatic rings. The van der Waals surface area contributed by atoms with Crippen LogP contribution in [0.3, 0.4) is 0 Å². The molecule has 0 amide bonds. The largest absolute Gasteiger partial charge is 0.0622 e. The summed E-state index contributed by atoms with van der Waals surface area (Å²) in [6.07, 6.45) is 0. The Morgan fingerprint density at radius 2 is 1.00 bits per heavy atom. The van der Waals surface area contributed by atoms with Crippen LogP contribution in [0.2, 0.25) is 0 Å². The molecule has 0 radical (unpaired) electrons. The molecular weight excluding hydrogens is 343 g/mol. The highest BCUT2D eigenvalue weighted by molar-refractivity contribution is 14.1. The smallest absolute Gasteiger partial charge is 0.0136 e. The van der Waals surface area contributed by atoms with Crippen LogP contribution in [0.5, 0.6) is 0 Å². The summed E-state index contributed by atoms with van der Waals surface area (Å²) < 4.78 is 1.27. The Hall–Kier alpha value is -1.61. The van der Waals surface area contributed by atoms with Gasteiger partial charge in [-0.25, -0.2) is 0 Å². The first-order chi connectivity index (χ1) is 9.33. The van der Waals surface area contributed by atoms with Gasteiger partial charge in [0.1, 0.15) is 0 Å². The van der Waals surface area contributed by atoms with Gasteiger partial charge in [0, 0.05) is 3.57 Å². The van der Waals surface area contributed by atoms with E-state index in [2.05, 4.69) is 95.4 Å². The van der Waals surface area contributed by atoms with E-state index in [1.165, 1.54) is 25.8 Å². The normalized spacial score (nSPS) is 10.4. The number of benzene rings is 3. The quantitative estimate of drug-likeness (QED) is 0.523. The van der Waals surface area contributed by atoms with Crippen molar-refractivity contribution in [3.63, 3.8) is 0 Å². The van der Waals surface area contributed by atoms with Gasteiger partial charge in [0.2, 0.25) is 0 Å². The minimum absolute atomic E-state index is 1.26. The van der Waals surface area contributed by atoms with Crippen molar-refractivity contribution in [3.8, 4) is 22.3 Å². The summed E-state index contributed by atoms with van der Waals surface area (Å²) >= 11 is 2.35. The first-order valence-corrected chi connectivity index (χ1v) is 7.32. The molecule has 92 valence electrons. The lowest BCUT2D eigenvalue weighted by atomic mass is 10.0. The van der Waals surface area contributed by atoms with Gasteiger partial charge in [0.05, 0.1) is 0 Å². The summed E-state index contributed by atoms with van der Waals surface area (Å²) in [6, 6.07) is 27.8. The van der Waals surface area contributed by atoms with E-state index in [0.29, 0.717) is 0 Å². The van der Waals surface area contributed by atoms with Crippen LogP contribution in [-0.4, -0.2) is 0 Å². The summed E-state index contributed by atoms with van der Waals surface area (Å²) in [4.78, 5) is 0. The third-order valence-electron chi connectivity index (χ3n) is 3.15. The molecule has 0 spiro atoms. The van der Waals surface area contributed by atoms with Crippen molar-refractivity contribution in [1.82, 2.24) is 0 Å². The predicted molar refractivity (Wildman–Crippen MR) is 90.0 cm³/mol. The lowest BCUT2D eigenvalue weighted by Gasteiger charge is -2.05. The summed E-state index contributed by atoms with van der Waals surface area (Å²) in [6.45, 7) is 0. The number of hydrogen-bond acceptors (Lipinski definition) is 0. The fourth-order valence-corrected chi connectivity index (χ4v) is 2.70. The van der Waals surface area contributed by atoms with E-state index >= 15 is 0 Å². The zero-order chi connectivity index (χ0) is 13.1. The Morgan fingerprint density at radius 1 is 0.474 bits per heavy atom. The summed E-state index contributed by atoms with van der Waals surface area (Å²) in [5.74, 6) is 0. The summed E-state index contributed by atoms with van der Waals surface area (Å²) in [7, 11) is 0. The van der Waals surface area contributed by atoms with Gasteiger partial charge in [0.15, 0.2) is 0 Å². The molecule has 0 unspecified atom stereocenters. The molecule has 0 aliphatic carbocycles. The Morgan fingerprint density at radius 3 is 1.63 bits per heavy atom. The number of rotatable bonds is 2. The van der Waals surface area contributed by atoms with Crippen LogP contribution in [0.4, 0.5) is 0 Å². The topological polar surface area (TPSA) is 0 Å². The standard InChI is InChI=1S/C18H13I/c19-18-8-4-7-17(13-18)16-11-9-15(10-12-16)14-5-2-1-3-6-14/h1-13H. The molecule has 0 saturated heterocycles. The third kappa shape index (κ3) is 2.87. The van der Waals surface area contributed by atoms with Crippen molar-refractivity contribution in [2.45, 2.75) is 0 Å². The lowest BCUT2D eigenvalue weighted by Crippen LogP contribution is -1.81. The second kappa shape index (κ2) is 5.57. The Balaban J connectivity index is 1.95. The van der Waals surface area contributed by atoms with Crippen molar-refractivity contribution >= 4 is 22.6 Å². The minimum atomic E-state index is 1.26. The first kappa shape index (κ1) is 12.4. The highest BCUT2D eigenvalue weighted by Crippen LogP contribution is 2.25. The Labute approximate surface area is 127 Å². The number of hydrogen-bond donors (Lipinski definition) is 0. The highest BCUT2D eigenvalue weighted by atomic mass is 127. The monoisotopic (exact) mass is 356 g/mol. The second-order valence-electron chi connectivity index (χ2n) is 4.45. The average molecular weight is 356 g/mol. The van der Waals surface area contributed by atoms with Gasteiger partial charge in [-0.05, 0) is 57.0 Å². The molecule has 0 bridgehead atoms. The fourth-order valence-electron chi connectivity index (χ4n) is 2.15.